The molecule has 110 valence electrons. The smallest absolute Gasteiger partial charge is 0.227 e. The number of aryl methyl sites for hydroxylation is 1. The molecule has 2 heterocycles. The molecule has 0 bridgehead atoms. The van der Waals surface area contributed by atoms with E-state index in [0.29, 0.717) is 36.8 Å². The molecule has 3 rings (SSSR count). The lowest BCUT2D eigenvalue weighted by Crippen LogP contribution is -3.00. The van der Waals surface area contributed by atoms with Crippen LogP contribution in [0.1, 0.15) is 15.9 Å². The first-order valence-corrected chi connectivity index (χ1v) is 6.61. The molecule has 1 aliphatic heterocycles. The van der Waals surface area contributed by atoms with Crippen molar-refractivity contribution < 1.29 is 35.8 Å². The summed E-state index contributed by atoms with van der Waals surface area (Å²) in [4.78, 5) is 12.3. The van der Waals surface area contributed by atoms with E-state index in [2.05, 4.69) is 0 Å². The van der Waals surface area contributed by atoms with Crippen LogP contribution in [-0.2, 0) is 6.54 Å². The predicted molar refractivity (Wildman–Crippen MR) is 73.1 cm³/mol. The van der Waals surface area contributed by atoms with Crippen molar-refractivity contribution in [3.63, 3.8) is 0 Å². The third-order valence-electron chi connectivity index (χ3n) is 3.25. The summed E-state index contributed by atoms with van der Waals surface area (Å²) in [6.07, 6.45) is 3.82. The quantitative estimate of drug-likeness (QED) is 0.524. The largest absolute Gasteiger partial charge is 1.00 e. The number of halogens is 1. The Labute approximate surface area is 134 Å². The second-order valence-corrected chi connectivity index (χ2v) is 4.83. The number of ketones is 1. The summed E-state index contributed by atoms with van der Waals surface area (Å²) in [6.45, 7) is 3.42. The van der Waals surface area contributed by atoms with Crippen LogP contribution in [0.25, 0.3) is 0 Å². The van der Waals surface area contributed by atoms with Gasteiger partial charge in [0.1, 0.15) is 13.2 Å². The number of carbonyl (C=O) groups excluding carboxylic acids is 1. The van der Waals surface area contributed by atoms with E-state index in [9.17, 15) is 4.79 Å². The molecule has 0 atom stereocenters. The maximum Gasteiger partial charge on any atom is 0.227 e. The highest BCUT2D eigenvalue weighted by Crippen LogP contribution is 2.30. The fraction of sp³-hybridized carbons (Fsp3) is 0.250. The van der Waals surface area contributed by atoms with Crippen molar-refractivity contribution in [1.29, 1.82) is 0 Å². The fourth-order valence-corrected chi connectivity index (χ4v) is 2.11. The maximum absolute atomic E-state index is 12.3. The molecule has 0 saturated heterocycles. The number of hydrogen-bond donors (Lipinski definition) is 0. The molecule has 0 radical (unpaired) electrons. The van der Waals surface area contributed by atoms with Gasteiger partial charge in [-0.2, -0.15) is 4.57 Å². The lowest BCUT2D eigenvalue weighted by Gasteiger charge is -2.18. The van der Waals surface area contributed by atoms with E-state index < -0.39 is 0 Å². The second kappa shape index (κ2) is 6.72. The molecule has 0 N–H and O–H groups in total. The lowest BCUT2D eigenvalue weighted by molar-refractivity contribution is -0.683. The van der Waals surface area contributed by atoms with Gasteiger partial charge in [0.05, 0.1) is 0 Å². The van der Waals surface area contributed by atoms with Crippen LogP contribution in [0.5, 0.6) is 11.5 Å². The number of Topliss-reactive ketones (excluding diaryl/α,β-unsaturated/α-hetero) is 1. The third-order valence-corrected chi connectivity index (χ3v) is 3.25. The summed E-state index contributed by atoms with van der Waals surface area (Å²) < 4.78 is 12.8. The first-order chi connectivity index (χ1) is 9.72. The highest BCUT2D eigenvalue weighted by molar-refractivity contribution is 5.95. The maximum atomic E-state index is 12.3. The Bertz CT molecular complexity index is 640. The molecule has 2 aromatic rings. The summed E-state index contributed by atoms with van der Waals surface area (Å²) >= 11 is 0. The van der Waals surface area contributed by atoms with Gasteiger partial charge in [0.2, 0.25) is 12.3 Å². The number of fused-ring (bicyclic) bond motifs is 1. The molecule has 1 aromatic carbocycles. The van der Waals surface area contributed by atoms with E-state index in [-0.39, 0.29) is 22.8 Å². The molecule has 0 saturated carbocycles. The minimum atomic E-state index is 0. The van der Waals surface area contributed by atoms with Crippen LogP contribution in [0.3, 0.4) is 0 Å². The van der Waals surface area contributed by atoms with E-state index in [0.717, 1.165) is 0 Å². The molecule has 5 heteroatoms. The summed E-state index contributed by atoms with van der Waals surface area (Å²) in [5.74, 6) is 1.41. The van der Waals surface area contributed by atoms with Crippen LogP contribution in [0.4, 0.5) is 0 Å². The SMILES string of the molecule is Cc1cc[n+](CC(=O)c2ccc3c(c2)OCCO3)cc1.[Br-]. The minimum Gasteiger partial charge on any atom is -1.00 e. The Morgan fingerprint density at radius 3 is 2.48 bits per heavy atom. The summed E-state index contributed by atoms with van der Waals surface area (Å²) in [6, 6.07) is 9.30. The zero-order chi connectivity index (χ0) is 13.9. The number of carbonyl (C=O) groups is 1. The van der Waals surface area contributed by atoms with Crippen LogP contribution in [-0.4, -0.2) is 19.0 Å². The van der Waals surface area contributed by atoms with Crippen molar-refractivity contribution >= 4 is 5.78 Å². The van der Waals surface area contributed by atoms with Crippen LogP contribution < -0.4 is 31.0 Å². The first-order valence-electron chi connectivity index (χ1n) is 6.61. The lowest BCUT2D eigenvalue weighted by atomic mass is 10.1. The number of aromatic nitrogens is 1. The van der Waals surface area contributed by atoms with E-state index in [1.807, 2.05) is 36.0 Å². The number of pyridine rings is 1. The summed E-state index contributed by atoms with van der Waals surface area (Å²) in [5, 5.41) is 0. The zero-order valence-electron chi connectivity index (χ0n) is 11.7. The molecule has 0 aliphatic carbocycles. The number of rotatable bonds is 3. The molecule has 4 nitrogen and oxygen atoms in total. The van der Waals surface area contributed by atoms with Crippen LogP contribution in [0.2, 0.25) is 0 Å². The summed E-state index contributed by atoms with van der Waals surface area (Å²) in [5.41, 5.74) is 1.82. The van der Waals surface area contributed by atoms with Crippen molar-refractivity contribution in [3.8, 4) is 11.5 Å². The van der Waals surface area contributed by atoms with Gasteiger partial charge in [-0.05, 0) is 30.7 Å². The van der Waals surface area contributed by atoms with Gasteiger partial charge in [0.25, 0.3) is 0 Å². The van der Waals surface area contributed by atoms with Crippen molar-refractivity contribution in [1.82, 2.24) is 0 Å². The van der Waals surface area contributed by atoms with Gasteiger partial charge in [-0.1, -0.05) is 0 Å². The highest BCUT2D eigenvalue weighted by Gasteiger charge is 2.17. The number of nitrogens with zero attached hydrogens (tertiary/aromatic N) is 1. The topological polar surface area (TPSA) is 39.4 Å². The van der Waals surface area contributed by atoms with Gasteiger partial charge in [-0.25, -0.2) is 0 Å². The molecule has 0 spiro atoms. The monoisotopic (exact) mass is 349 g/mol. The summed E-state index contributed by atoms with van der Waals surface area (Å²) in [7, 11) is 0. The average molecular weight is 350 g/mol. The Morgan fingerprint density at radius 1 is 1.10 bits per heavy atom. The van der Waals surface area contributed by atoms with Crippen LogP contribution in [0, 0.1) is 6.92 Å². The zero-order valence-corrected chi connectivity index (χ0v) is 13.3. The Hall–Kier alpha value is -1.88. The Morgan fingerprint density at radius 2 is 1.76 bits per heavy atom. The molecule has 21 heavy (non-hydrogen) atoms. The molecule has 0 fully saturated rings. The standard InChI is InChI=1S/C16H16NO3.BrH/c1-12-4-6-17(7-5-12)11-14(18)13-2-3-15-16(10-13)20-9-8-19-15;/h2-7,10H,8-9,11H2,1H3;1H/q+1;/p-1. The van der Waals surface area contributed by atoms with Crippen molar-refractivity contribution in [2.24, 2.45) is 0 Å². The van der Waals surface area contributed by atoms with E-state index in [1.165, 1.54) is 5.56 Å². The van der Waals surface area contributed by atoms with Gasteiger partial charge < -0.3 is 26.5 Å². The molecule has 1 aliphatic rings. The van der Waals surface area contributed by atoms with Gasteiger partial charge >= 0.3 is 0 Å². The average Bonchev–Trinajstić information content (AvgIpc) is 2.49. The van der Waals surface area contributed by atoms with Gasteiger partial charge in [-0.3, -0.25) is 4.79 Å². The first kappa shape index (κ1) is 15.5. The fourth-order valence-electron chi connectivity index (χ4n) is 2.11. The molecular formula is C16H16BrNO3. The highest BCUT2D eigenvalue weighted by atomic mass is 79.9. The number of hydrogen-bond acceptors (Lipinski definition) is 3. The minimum absolute atomic E-state index is 0. The van der Waals surface area contributed by atoms with Gasteiger partial charge in [0.15, 0.2) is 23.9 Å². The van der Waals surface area contributed by atoms with Crippen molar-refractivity contribution in [2.75, 3.05) is 13.2 Å². The normalized spacial score (nSPS) is 12.4. The van der Waals surface area contributed by atoms with Gasteiger partial charge in [-0.15, -0.1) is 0 Å². The predicted octanol–water partition coefficient (Wildman–Crippen LogP) is -1.06. The third kappa shape index (κ3) is 3.61. The molecule has 0 unspecified atom stereocenters. The number of benzene rings is 1. The van der Waals surface area contributed by atoms with Crippen molar-refractivity contribution in [2.45, 2.75) is 13.5 Å². The van der Waals surface area contributed by atoms with Gasteiger partial charge in [0, 0.05) is 17.7 Å². The van der Waals surface area contributed by atoms with Crippen LogP contribution in [0.15, 0.2) is 42.7 Å². The number of ether oxygens (including phenoxy) is 2. The molecular weight excluding hydrogens is 334 g/mol. The Balaban J connectivity index is 0.00000161. The second-order valence-electron chi connectivity index (χ2n) is 4.83. The van der Waals surface area contributed by atoms with Crippen molar-refractivity contribution in [3.05, 3.63) is 53.9 Å². The van der Waals surface area contributed by atoms with E-state index in [4.69, 9.17) is 9.47 Å². The molecule has 1 aromatic heterocycles. The molecule has 0 amide bonds. The Kier molecular flexibility index (Phi) is 4.96. The van der Waals surface area contributed by atoms with E-state index >= 15 is 0 Å². The van der Waals surface area contributed by atoms with Crippen LogP contribution >= 0.6 is 0 Å². The van der Waals surface area contributed by atoms with E-state index in [1.54, 1.807) is 18.2 Å².